The van der Waals surface area contributed by atoms with E-state index >= 15 is 0 Å². The molecule has 0 aromatic heterocycles. The molecule has 21 heavy (non-hydrogen) atoms. The number of aliphatic imine (C=N–C) groups is 1. The highest BCUT2D eigenvalue weighted by Crippen LogP contribution is 2.26. The van der Waals surface area contributed by atoms with Crippen molar-refractivity contribution in [1.82, 2.24) is 0 Å². The number of nitro groups is 1. The summed E-state index contributed by atoms with van der Waals surface area (Å²) < 4.78 is 0. The molecule has 0 bridgehead atoms. The summed E-state index contributed by atoms with van der Waals surface area (Å²) in [5.41, 5.74) is 2.03. The van der Waals surface area contributed by atoms with Gasteiger partial charge in [0.15, 0.2) is 5.75 Å². The van der Waals surface area contributed by atoms with E-state index in [0.29, 0.717) is 5.56 Å². The first kappa shape index (κ1) is 14.5. The van der Waals surface area contributed by atoms with E-state index in [2.05, 4.69) is 4.99 Å². The lowest BCUT2D eigenvalue weighted by atomic mass is 10.2. The third-order valence-corrected chi connectivity index (χ3v) is 2.92. The Morgan fingerprint density at radius 2 is 1.86 bits per heavy atom. The highest BCUT2D eigenvalue weighted by atomic mass is 16.6. The summed E-state index contributed by atoms with van der Waals surface area (Å²) in [4.78, 5) is 16.4. The molecule has 108 valence electrons. The second kappa shape index (κ2) is 6.04. The van der Waals surface area contributed by atoms with E-state index in [0.717, 1.165) is 11.4 Å². The maximum atomic E-state index is 10.7. The summed E-state index contributed by atoms with van der Waals surface area (Å²) in [6.45, 7) is 0. The molecule has 0 spiro atoms. The van der Waals surface area contributed by atoms with Crippen LogP contribution in [0.3, 0.4) is 0 Å². The molecule has 0 aliphatic rings. The minimum Gasteiger partial charge on any atom is -0.502 e. The van der Waals surface area contributed by atoms with Gasteiger partial charge in [-0.1, -0.05) is 0 Å². The smallest absolute Gasteiger partial charge is 0.311 e. The lowest BCUT2D eigenvalue weighted by molar-refractivity contribution is -0.385. The minimum absolute atomic E-state index is 0.332. The van der Waals surface area contributed by atoms with Crippen molar-refractivity contribution in [3.63, 3.8) is 0 Å². The second-order valence-electron chi connectivity index (χ2n) is 4.67. The van der Waals surface area contributed by atoms with Gasteiger partial charge in [-0.15, -0.1) is 0 Å². The average molecular weight is 285 g/mol. The fraction of sp³-hybridized carbons (Fsp3) is 0.133. The molecule has 2 rings (SSSR count). The van der Waals surface area contributed by atoms with E-state index in [1.54, 1.807) is 6.07 Å². The second-order valence-corrected chi connectivity index (χ2v) is 4.67. The lowest BCUT2D eigenvalue weighted by Gasteiger charge is -2.11. The van der Waals surface area contributed by atoms with Crippen LogP contribution in [-0.2, 0) is 0 Å². The lowest BCUT2D eigenvalue weighted by Crippen LogP contribution is -2.07. The Kier molecular flexibility index (Phi) is 4.18. The molecule has 0 aliphatic heterocycles. The van der Waals surface area contributed by atoms with Crippen LogP contribution in [0.1, 0.15) is 5.56 Å². The predicted molar refractivity (Wildman–Crippen MR) is 82.8 cm³/mol. The number of benzene rings is 2. The van der Waals surface area contributed by atoms with Gasteiger partial charge in [-0.2, -0.15) is 0 Å². The van der Waals surface area contributed by atoms with Crippen LogP contribution in [0.15, 0.2) is 47.5 Å². The molecule has 2 aromatic carbocycles. The van der Waals surface area contributed by atoms with Gasteiger partial charge >= 0.3 is 5.69 Å². The first-order valence-electron chi connectivity index (χ1n) is 6.26. The number of phenols is 1. The Balaban J connectivity index is 2.21. The molecule has 2 aromatic rings. The van der Waals surface area contributed by atoms with Crippen molar-refractivity contribution < 1.29 is 10.0 Å². The van der Waals surface area contributed by atoms with Gasteiger partial charge in [0.1, 0.15) is 0 Å². The largest absolute Gasteiger partial charge is 0.502 e. The van der Waals surface area contributed by atoms with E-state index in [1.807, 2.05) is 43.3 Å². The maximum absolute atomic E-state index is 10.7. The number of nitro benzene ring substituents is 1. The molecule has 0 fully saturated rings. The maximum Gasteiger partial charge on any atom is 0.311 e. The molecule has 0 saturated carbocycles. The quantitative estimate of drug-likeness (QED) is 0.532. The molecule has 0 amide bonds. The van der Waals surface area contributed by atoms with Crippen molar-refractivity contribution in [2.45, 2.75) is 0 Å². The van der Waals surface area contributed by atoms with Gasteiger partial charge in [0.25, 0.3) is 0 Å². The molecule has 0 aliphatic carbocycles. The molecular weight excluding hydrogens is 270 g/mol. The molecule has 6 heteroatoms. The van der Waals surface area contributed by atoms with Gasteiger partial charge in [-0.25, -0.2) is 0 Å². The zero-order valence-electron chi connectivity index (χ0n) is 11.7. The third-order valence-electron chi connectivity index (χ3n) is 2.92. The van der Waals surface area contributed by atoms with Crippen LogP contribution in [0.2, 0.25) is 0 Å². The summed E-state index contributed by atoms with van der Waals surface area (Å²) in [5, 5.41) is 20.1. The number of phenolic OH excluding ortho intramolecular Hbond substituents is 1. The first-order chi connectivity index (χ1) is 9.97. The molecule has 6 nitrogen and oxygen atoms in total. The number of anilines is 1. The summed E-state index contributed by atoms with van der Waals surface area (Å²) in [6, 6.07) is 11.7. The van der Waals surface area contributed by atoms with E-state index in [1.165, 1.54) is 18.3 Å². The van der Waals surface area contributed by atoms with Gasteiger partial charge in [-0.3, -0.25) is 15.1 Å². The van der Waals surface area contributed by atoms with Crippen LogP contribution in [0.4, 0.5) is 17.1 Å². The van der Waals surface area contributed by atoms with Crippen LogP contribution >= 0.6 is 0 Å². The fourth-order valence-corrected chi connectivity index (χ4v) is 1.75. The Morgan fingerprint density at radius 3 is 2.43 bits per heavy atom. The zero-order chi connectivity index (χ0) is 15.4. The van der Waals surface area contributed by atoms with Crippen molar-refractivity contribution >= 4 is 23.3 Å². The minimum atomic E-state index is -0.626. The Bertz CT molecular complexity index is 679. The molecule has 0 saturated heterocycles. The van der Waals surface area contributed by atoms with E-state index < -0.39 is 4.92 Å². The van der Waals surface area contributed by atoms with Gasteiger partial charge in [-0.05, 0) is 42.0 Å². The van der Waals surface area contributed by atoms with Gasteiger partial charge in [0.2, 0.25) is 0 Å². The van der Waals surface area contributed by atoms with Crippen molar-refractivity contribution in [1.29, 1.82) is 0 Å². The van der Waals surface area contributed by atoms with Crippen molar-refractivity contribution in [3.05, 3.63) is 58.1 Å². The standard InChI is InChI=1S/C15H15N3O3/c1-17(2)13-6-4-12(5-7-13)16-10-11-3-8-15(19)14(9-11)18(20)21/h3-10,19H,1-2H3. The zero-order valence-corrected chi connectivity index (χ0v) is 11.7. The number of rotatable bonds is 4. The summed E-state index contributed by atoms with van der Waals surface area (Å²) in [6.07, 6.45) is 1.52. The van der Waals surface area contributed by atoms with E-state index in [9.17, 15) is 15.2 Å². The van der Waals surface area contributed by atoms with Crippen LogP contribution in [0, 0.1) is 10.1 Å². The SMILES string of the molecule is CN(C)c1ccc(N=Cc2ccc(O)c([N+](=O)[O-])c2)cc1. The summed E-state index contributed by atoms with van der Waals surface area (Å²) in [7, 11) is 3.90. The predicted octanol–water partition coefficient (Wildman–Crippen LogP) is 3.12. The average Bonchev–Trinajstić information content (AvgIpc) is 2.46. The summed E-state index contributed by atoms with van der Waals surface area (Å²) in [5.74, 6) is -0.354. The topological polar surface area (TPSA) is 79.0 Å². The van der Waals surface area contributed by atoms with Crippen molar-refractivity contribution in [2.75, 3.05) is 19.0 Å². The molecule has 0 radical (unpaired) electrons. The number of hydrogen-bond donors (Lipinski definition) is 1. The fourth-order valence-electron chi connectivity index (χ4n) is 1.75. The highest BCUT2D eigenvalue weighted by molar-refractivity contribution is 5.83. The third kappa shape index (κ3) is 3.56. The normalized spacial score (nSPS) is 10.8. The Labute approximate surface area is 122 Å². The number of aromatic hydroxyl groups is 1. The molecule has 0 unspecified atom stereocenters. The van der Waals surface area contributed by atoms with Gasteiger partial charge in [0.05, 0.1) is 10.6 Å². The van der Waals surface area contributed by atoms with Crippen LogP contribution in [0.5, 0.6) is 5.75 Å². The Morgan fingerprint density at radius 1 is 1.19 bits per heavy atom. The number of nitrogens with zero attached hydrogens (tertiary/aromatic N) is 3. The van der Waals surface area contributed by atoms with E-state index in [-0.39, 0.29) is 11.4 Å². The van der Waals surface area contributed by atoms with Crippen molar-refractivity contribution in [2.24, 2.45) is 4.99 Å². The van der Waals surface area contributed by atoms with Gasteiger partial charge < -0.3 is 10.0 Å². The first-order valence-corrected chi connectivity index (χ1v) is 6.26. The van der Waals surface area contributed by atoms with Crippen LogP contribution < -0.4 is 4.90 Å². The van der Waals surface area contributed by atoms with E-state index in [4.69, 9.17) is 0 Å². The highest BCUT2D eigenvalue weighted by Gasteiger charge is 2.12. The van der Waals surface area contributed by atoms with Crippen LogP contribution in [0.25, 0.3) is 0 Å². The Hall–Kier alpha value is -2.89. The van der Waals surface area contributed by atoms with Crippen molar-refractivity contribution in [3.8, 4) is 5.75 Å². The molecule has 1 N–H and O–H groups in total. The summed E-state index contributed by atoms with van der Waals surface area (Å²) >= 11 is 0. The molecule has 0 atom stereocenters. The number of hydrogen-bond acceptors (Lipinski definition) is 5. The monoisotopic (exact) mass is 285 g/mol. The molecular formula is C15H15N3O3. The van der Waals surface area contributed by atoms with Gasteiger partial charge in [0, 0.05) is 32.1 Å². The molecule has 0 heterocycles. The van der Waals surface area contributed by atoms with Crippen LogP contribution in [-0.4, -0.2) is 30.3 Å².